The minimum absolute atomic E-state index is 0.171. The Labute approximate surface area is 101 Å². The number of benzene rings is 1. The summed E-state index contributed by atoms with van der Waals surface area (Å²) in [6.07, 6.45) is 3.76. The lowest BCUT2D eigenvalue weighted by molar-refractivity contribution is 0.414. The topological polar surface area (TPSA) is 49.9 Å². The van der Waals surface area contributed by atoms with Crippen molar-refractivity contribution >= 4 is 0 Å². The second-order valence-electron chi connectivity index (χ2n) is 3.80. The van der Waals surface area contributed by atoms with Gasteiger partial charge in [-0.25, -0.2) is 0 Å². The highest BCUT2D eigenvalue weighted by atomic mass is 16.5. The van der Waals surface area contributed by atoms with Crippen LogP contribution in [0.25, 0.3) is 0 Å². The third-order valence-corrected chi connectivity index (χ3v) is 2.71. The van der Waals surface area contributed by atoms with Gasteiger partial charge in [0, 0.05) is 11.8 Å². The highest BCUT2D eigenvalue weighted by Crippen LogP contribution is 2.23. The number of aromatic nitrogens is 2. The molecule has 2 N–H and O–H groups in total. The van der Waals surface area contributed by atoms with Crippen LogP contribution in [-0.2, 0) is 0 Å². The van der Waals surface area contributed by atoms with E-state index in [0.717, 1.165) is 17.9 Å². The van der Waals surface area contributed by atoms with E-state index in [1.165, 1.54) is 5.56 Å². The first-order chi connectivity index (χ1) is 8.35. The molecule has 17 heavy (non-hydrogen) atoms. The monoisotopic (exact) mass is 231 g/mol. The molecule has 2 aromatic rings. The fraction of sp³-hybridized carbons (Fsp3) is 0.308. The van der Waals surface area contributed by atoms with Gasteiger partial charge < -0.3 is 10.1 Å². The predicted molar refractivity (Wildman–Crippen MR) is 67.1 cm³/mol. The van der Waals surface area contributed by atoms with Crippen LogP contribution in [0.1, 0.15) is 24.1 Å². The molecule has 0 aliphatic heterocycles. The first-order valence-corrected chi connectivity index (χ1v) is 5.71. The second-order valence-corrected chi connectivity index (χ2v) is 3.80. The fourth-order valence-electron chi connectivity index (χ4n) is 1.85. The number of aromatic amines is 1. The van der Waals surface area contributed by atoms with Crippen LogP contribution in [0, 0.1) is 0 Å². The molecular weight excluding hydrogens is 214 g/mol. The molecule has 90 valence electrons. The number of nitrogens with zero attached hydrogens (tertiary/aromatic N) is 1. The summed E-state index contributed by atoms with van der Waals surface area (Å²) in [5, 5.41) is 10.3. The molecule has 4 nitrogen and oxygen atoms in total. The Morgan fingerprint density at radius 3 is 2.59 bits per heavy atom. The van der Waals surface area contributed by atoms with Crippen LogP contribution in [0.2, 0.25) is 0 Å². The van der Waals surface area contributed by atoms with Crippen LogP contribution in [0.4, 0.5) is 0 Å². The summed E-state index contributed by atoms with van der Waals surface area (Å²) < 4.78 is 5.16. The summed E-state index contributed by atoms with van der Waals surface area (Å²) in [7, 11) is 1.67. The van der Waals surface area contributed by atoms with Crippen LogP contribution in [0.15, 0.2) is 36.7 Å². The van der Waals surface area contributed by atoms with E-state index in [0.29, 0.717) is 0 Å². The molecule has 0 radical (unpaired) electrons. The maximum atomic E-state index is 5.16. The number of rotatable bonds is 5. The van der Waals surface area contributed by atoms with Crippen molar-refractivity contribution in [1.82, 2.24) is 15.5 Å². The number of ether oxygens (including phenoxy) is 1. The van der Waals surface area contributed by atoms with E-state index in [4.69, 9.17) is 4.74 Å². The van der Waals surface area contributed by atoms with Gasteiger partial charge in [-0.2, -0.15) is 5.10 Å². The van der Waals surface area contributed by atoms with Gasteiger partial charge in [-0.1, -0.05) is 19.1 Å². The largest absolute Gasteiger partial charge is 0.497 e. The molecule has 0 aliphatic rings. The zero-order valence-electron chi connectivity index (χ0n) is 10.1. The SMILES string of the molecule is CCNC(c1ccc(OC)cc1)c1cn[nH]c1. The summed E-state index contributed by atoms with van der Waals surface area (Å²) in [6.45, 7) is 3.00. The maximum Gasteiger partial charge on any atom is 0.118 e. The second kappa shape index (κ2) is 5.50. The molecule has 4 heteroatoms. The van der Waals surface area contributed by atoms with Crippen molar-refractivity contribution in [2.45, 2.75) is 13.0 Å². The van der Waals surface area contributed by atoms with Gasteiger partial charge >= 0.3 is 0 Å². The maximum absolute atomic E-state index is 5.16. The zero-order chi connectivity index (χ0) is 12.1. The van der Waals surface area contributed by atoms with E-state index in [1.807, 2.05) is 24.5 Å². The highest BCUT2D eigenvalue weighted by molar-refractivity contribution is 5.33. The van der Waals surface area contributed by atoms with Crippen molar-refractivity contribution < 1.29 is 4.74 Å². The van der Waals surface area contributed by atoms with E-state index in [-0.39, 0.29) is 6.04 Å². The average molecular weight is 231 g/mol. The van der Waals surface area contributed by atoms with Gasteiger partial charge in [0.1, 0.15) is 5.75 Å². The van der Waals surface area contributed by atoms with Gasteiger partial charge in [0.25, 0.3) is 0 Å². The molecule has 0 amide bonds. The van der Waals surface area contributed by atoms with Crippen LogP contribution in [0.5, 0.6) is 5.75 Å². The van der Waals surface area contributed by atoms with Gasteiger partial charge in [-0.05, 0) is 24.2 Å². The van der Waals surface area contributed by atoms with E-state index < -0.39 is 0 Å². The van der Waals surface area contributed by atoms with Crippen molar-refractivity contribution in [3.05, 3.63) is 47.8 Å². The standard InChI is InChI=1S/C13H17N3O/c1-3-14-13(11-8-15-16-9-11)10-4-6-12(17-2)7-5-10/h4-9,13-14H,3H2,1-2H3,(H,15,16). The summed E-state index contributed by atoms with van der Waals surface area (Å²) in [4.78, 5) is 0. The summed E-state index contributed by atoms with van der Waals surface area (Å²) >= 11 is 0. The number of nitrogens with one attached hydrogen (secondary N) is 2. The lowest BCUT2D eigenvalue weighted by Crippen LogP contribution is -2.21. The van der Waals surface area contributed by atoms with Gasteiger partial charge in [0.15, 0.2) is 0 Å². The third-order valence-electron chi connectivity index (χ3n) is 2.71. The predicted octanol–water partition coefficient (Wildman–Crippen LogP) is 2.12. The van der Waals surface area contributed by atoms with Crippen LogP contribution in [-0.4, -0.2) is 23.9 Å². The van der Waals surface area contributed by atoms with Crippen molar-refractivity contribution in [2.24, 2.45) is 0 Å². The molecule has 0 saturated carbocycles. The molecule has 1 aromatic heterocycles. The molecule has 0 aliphatic carbocycles. The summed E-state index contributed by atoms with van der Waals surface area (Å²) in [5.41, 5.74) is 2.34. The average Bonchev–Trinajstić information content (AvgIpc) is 2.90. The number of hydrogen-bond acceptors (Lipinski definition) is 3. The molecule has 0 fully saturated rings. The summed E-state index contributed by atoms with van der Waals surface area (Å²) in [6, 6.07) is 8.25. The Hall–Kier alpha value is -1.81. The van der Waals surface area contributed by atoms with Crippen LogP contribution >= 0.6 is 0 Å². The minimum Gasteiger partial charge on any atom is -0.497 e. The molecule has 1 atom stereocenters. The first kappa shape index (κ1) is 11.7. The van der Waals surface area contributed by atoms with Crippen molar-refractivity contribution in [1.29, 1.82) is 0 Å². The van der Waals surface area contributed by atoms with Crippen molar-refractivity contribution in [3.8, 4) is 5.75 Å². The Morgan fingerprint density at radius 2 is 2.06 bits per heavy atom. The summed E-state index contributed by atoms with van der Waals surface area (Å²) in [5.74, 6) is 0.871. The first-order valence-electron chi connectivity index (χ1n) is 5.71. The number of hydrogen-bond donors (Lipinski definition) is 2. The van der Waals surface area contributed by atoms with E-state index in [1.54, 1.807) is 7.11 Å². The molecule has 0 spiro atoms. The van der Waals surface area contributed by atoms with Gasteiger partial charge in [-0.3, -0.25) is 5.10 Å². The van der Waals surface area contributed by atoms with Gasteiger partial charge in [-0.15, -0.1) is 0 Å². The Bertz CT molecular complexity index is 436. The van der Waals surface area contributed by atoms with Crippen molar-refractivity contribution in [2.75, 3.05) is 13.7 Å². The lowest BCUT2D eigenvalue weighted by atomic mass is 10.0. The lowest BCUT2D eigenvalue weighted by Gasteiger charge is -2.17. The number of methoxy groups -OCH3 is 1. The number of H-pyrrole nitrogens is 1. The molecular formula is C13H17N3O. The third kappa shape index (κ3) is 2.65. The molecule has 1 aromatic carbocycles. The molecule has 1 heterocycles. The van der Waals surface area contributed by atoms with Crippen LogP contribution in [0.3, 0.4) is 0 Å². The fourth-order valence-corrected chi connectivity index (χ4v) is 1.85. The normalized spacial score (nSPS) is 12.4. The highest BCUT2D eigenvalue weighted by Gasteiger charge is 2.13. The van der Waals surface area contributed by atoms with Gasteiger partial charge in [0.05, 0.1) is 19.3 Å². The zero-order valence-corrected chi connectivity index (χ0v) is 10.1. The molecule has 0 saturated heterocycles. The van der Waals surface area contributed by atoms with Gasteiger partial charge in [0.2, 0.25) is 0 Å². The van der Waals surface area contributed by atoms with Crippen LogP contribution < -0.4 is 10.1 Å². The molecule has 1 unspecified atom stereocenters. The van der Waals surface area contributed by atoms with E-state index in [2.05, 4.69) is 34.6 Å². The quantitative estimate of drug-likeness (QED) is 0.828. The molecule has 0 bridgehead atoms. The van der Waals surface area contributed by atoms with E-state index in [9.17, 15) is 0 Å². The Morgan fingerprint density at radius 1 is 1.29 bits per heavy atom. The van der Waals surface area contributed by atoms with E-state index >= 15 is 0 Å². The van der Waals surface area contributed by atoms with Crippen molar-refractivity contribution in [3.63, 3.8) is 0 Å². The molecule has 2 rings (SSSR count). The Kier molecular flexibility index (Phi) is 3.77. The Balaban J connectivity index is 2.26. The minimum atomic E-state index is 0.171. The smallest absolute Gasteiger partial charge is 0.118 e.